The maximum Gasteiger partial charge on any atom is 0.358 e. The lowest BCUT2D eigenvalue weighted by Crippen LogP contribution is -2.20. The Kier molecular flexibility index (Phi) is 5.91. The second-order valence-electron chi connectivity index (χ2n) is 5.11. The van der Waals surface area contributed by atoms with Crippen LogP contribution in [0.3, 0.4) is 0 Å². The van der Waals surface area contributed by atoms with E-state index in [0.717, 1.165) is 25.1 Å². The SMILES string of the molecule is CCCn1nc(C(=O)OCC)cc1CC(C)(C)SC. The fourth-order valence-electron chi connectivity index (χ4n) is 1.82. The second-order valence-corrected chi connectivity index (χ2v) is 6.62. The van der Waals surface area contributed by atoms with Crippen molar-refractivity contribution in [3.05, 3.63) is 17.5 Å². The number of ether oxygens (including phenoxy) is 1. The van der Waals surface area contributed by atoms with Gasteiger partial charge in [-0.15, -0.1) is 0 Å². The van der Waals surface area contributed by atoms with Crippen LogP contribution in [0.15, 0.2) is 6.07 Å². The molecule has 0 N–H and O–H groups in total. The number of carbonyl (C=O) groups is 1. The smallest absolute Gasteiger partial charge is 0.358 e. The van der Waals surface area contributed by atoms with E-state index in [1.165, 1.54) is 0 Å². The standard InChI is InChI=1S/C14H24N2O2S/c1-6-8-16-11(10-14(3,4)19-5)9-12(15-16)13(17)18-7-2/h9H,6-8,10H2,1-5H3. The lowest BCUT2D eigenvalue weighted by Gasteiger charge is -2.22. The van der Waals surface area contributed by atoms with Gasteiger partial charge in [-0.05, 0) is 25.7 Å². The Morgan fingerprint density at radius 3 is 2.68 bits per heavy atom. The first-order valence-electron chi connectivity index (χ1n) is 6.72. The molecule has 1 heterocycles. The quantitative estimate of drug-likeness (QED) is 0.721. The normalized spacial score (nSPS) is 11.6. The van der Waals surface area contributed by atoms with Crippen LogP contribution in [0.2, 0.25) is 0 Å². The summed E-state index contributed by atoms with van der Waals surface area (Å²) in [6.45, 7) is 9.52. The average Bonchev–Trinajstić information content (AvgIpc) is 2.73. The molecule has 0 saturated heterocycles. The molecule has 19 heavy (non-hydrogen) atoms. The Bertz CT molecular complexity index is 427. The molecule has 4 nitrogen and oxygen atoms in total. The third-order valence-electron chi connectivity index (χ3n) is 2.94. The highest BCUT2D eigenvalue weighted by atomic mass is 32.2. The van der Waals surface area contributed by atoms with E-state index in [9.17, 15) is 4.79 Å². The third kappa shape index (κ3) is 4.56. The minimum atomic E-state index is -0.333. The molecule has 0 fully saturated rings. The van der Waals surface area contributed by atoms with Gasteiger partial charge in [-0.2, -0.15) is 16.9 Å². The lowest BCUT2D eigenvalue weighted by molar-refractivity contribution is 0.0518. The monoisotopic (exact) mass is 284 g/mol. The Morgan fingerprint density at radius 1 is 1.47 bits per heavy atom. The molecule has 1 aromatic rings. The first-order valence-corrected chi connectivity index (χ1v) is 7.95. The Morgan fingerprint density at radius 2 is 2.16 bits per heavy atom. The molecule has 0 unspecified atom stereocenters. The van der Waals surface area contributed by atoms with Gasteiger partial charge >= 0.3 is 5.97 Å². The van der Waals surface area contributed by atoms with Gasteiger partial charge in [-0.3, -0.25) is 4.68 Å². The number of rotatable bonds is 7. The molecular formula is C14H24N2O2S. The van der Waals surface area contributed by atoms with Crippen molar-refractivity contribution in [2.24, 2.45) is 0 Å². The molecule has 0 bridgehead atoms. The predicted octanol–water partition coefficient (Wildman–Crippen LogP) is 3.15. The number of aromatic nitrogens is 2. The molecule has 1 rings (SSSR count). The Hall–Kier alpha value is -0.970. The van der Waals surface area contributed by atoms with E-state index < -0.39 is 0 Å². The second kappa shape index (κ2) is 6.98. The summed E-state index contributed by atoms with van der Waals surface area (Å²) < 4.78 is 7.08. The summed E-state index contributed by atoms with van der Waals surface area (Å²) in [6, 6.07) is 1.87. The largest absolute Gasteiger partial charge is 0.461 e. The van der Waals surface area contributed by atoms with Gasteiger partial charge in [0.15, 0.2) is 5.69 Å². The van der Waals surface area contributed by atoms with Crippen molar-refractivity contribution in [1.82, 2.24) is 9.78 Å². The summed E-state index contributed by atoms with van der Waals surface area (Å²) in [7, 11) is 0. The summed E-state index contributed by atoms with van der Waals surface area (Å²) in [5, 5.41) is 4.37. The van der Waals surface area contributed by atoms with E-state index in [1.54, 1.807) is 6.92 Å². The summed E-state index contributed by atoms with van der Waals surface area (Å²) in [5.74, 6) is -0.333. The first kappa shape index (κ1) is 16.1. The average molecular weight is 284 g/mol. The number of hydrogen-bond acceptors (Lipinski definition) is 4. The van der Waals surface area contributed by atoms with Crippen LogP contribution < -0.4 is 0 Å². The highest BCUT2D eigenvalue weighted by Gasteiger charge is 2.22. The van der Waals surface area contributed by atoms with E-state index in [-0.39, 0.29) is 10.7 Å². The summed E-state index contributed by atoms with van der Waals surface area (Å²) >= 11 is 1.82. The van der Waals surface area contributed by atoms with Crippen LogP contribution in [-0.2, 0) is 17.7 Å². The van der Waals surface area contributed by atoms with Crippen molar-refractivity contribution in [2.45, 2.75) is 51.8 Å². The Labute approximate surface area is 119 Å². The molecule has 5 heteroatoms. The number of aryl methyl sites for hydroxylation is 1. The zero-order valence-electron chi connectivity index (χ0n) is 12.5. The minimum absolute atomic E-state index is 0.136. The molecule has 0 radical (unpaired) electrons. The van der Waals surface area contributed by atoms with Crippen LogP contribution in [0.4, 0.5) is 0 Å². The van der Waals surface area contributed by atoms with Crippen LogP contribution in [0.1, 0.15) is 50.3 Å². The van der Waals surface area contributed by atoms with Crippen LogP contribution in [-0.4, -0.2) is 33.4 Å². The third-order valence-corrected chi connectivity index (χ3v) is 4.19. The van der Waals surface area contributed by atoms with Crippen molar-refractivity contribution >= 4 is 17.7 Å². The van der Waals surface area contributed by atoms with E-state index >= 15 is 0 Å². The molecule has 0 aromatic carbocycles. The van der Waals surface area contributed by atoms with Crippen molar-refractivity contribution in [1.29, 1.82) is 0 Å². The van der Waals surface area contributed by atoms with Crippen molar-refractivity contribution < 1.29 is 9.53 Å². The van der Waals surface area contributed by atoms with Gasteiger partial charge in [-0.25, -0.2) is 4.79 Å². The lowest BCUT2D eigenvalue weighted by atomic mass is 10.1. The molecular weight excluding hydrogens is 260 g/mol. The highest BCUT2D eigenvalue weighted by molar-refractivity contribution is 7.99. The first-order chi connectivity index (χ1) is 8.93. The molecule has 0 aliphatic heterocycles. The summed E-state index contributed by atoms with van der Waals surface area (Å²) in [4.78, 5) is 11.7. The number of thioether (sulfide) groups is 1. The maximum absolute atomic E-state index is 11.7. The predicted molar refractivity (Wildman–Crippen MR) is 79.8 cm³/mol. The molecule has 0 aliphatic carbocycles. The number of carbonyl (C=O) groups excluding carboxylic acids is 1. The fourth-order valence-corrected chi connectivity index (χ4v) is 2.11. The van der Waals surface area contributed by atoms with Crippen LogP contribution in [0.5, 0.6) is 0 Å². The zero-order chi connectivity index (χ0) is 14.5. The van der Waals surface area contributed by atoms with Gasteiger partial charge in [-0.1, -0.05) is 20.8 Å². The van der Waals surface area contributed by atoms with Gasteiger partial charge in [0.25, 0.3) is 0 Å². The molecule has 0 amide bonds. The van der Waals surface area contributed by atoms with Crippen molar-refractivity contribution in [3.8, 4) is 0 Å². The molecule has 1 aromatic heterocycles. The van der Waals surface area contributed by atoms with E-state index in [0.29, 0.717) is 12.3 Å². The molecule has 0 spiro atoms. The molecule has 108 valence electrons. The molecule has 0 aliphatic rings. The van der Waals surface area contributed by atoms with Gasteiger partial charge in [0.05, 0.1) is 6.61 Å². The van der Waals surface area contributed by atoms with Gasteiger partial charge in [0.1, 0.15) is 0 Å². The van der Waals surface area contributed by atoms with E-state index in [2.05, 4.69) is 32.1 Å². The van der Waals surface area contributed by atoms with E-state index in [4.69, 9.17) is 4.74 Å². The summed E-state index contributed by atoms with van der Waals surface area (Å²) in [5.41, 5.74) is 1.52. The van der Waals surface area contributed by atoms with Gasteiger partial charge < -0.3 is 4.74 Å². The number of nitrogens with zero attached hydrogens (tertiary/aromatic N) is 2. The Balaban J connectivity index is 2.98. The molecule has 0 atom stereocenters. The van der Waals surface area contributed by atoms with Crippen LogP contribution in [0, 0.1) is 0 Å². The van der Waals surface area contributed by atoms with Crippen LogP contribution >= 0.6 is 11.8 Å². The highest BCUT2D eigenvalue weighted by Crippen LogP contribution is 2.26. The summed E-state index contributed by atoms with van der Waals surface area (Å²) in [6.07, 6.45) is 3.99. The van der Waals surface area contributed by atoms with Gasteiger partial charge in [0, 0.05) is 23.4 Å². The minimum Gasteiger partial charge on any atom is -0.461 e. The number of hydrogen-bond donors (Lipinski definition) is 0. The number of esters is 1. The molecule has 0 saturated carbocycles. The fraction of sp³-hybridized carbons (Fsp3) is 0.714. The van der Waals surface area contributed by atoms with Crippen molar-refractivity contribution in [2.75, 3.05) is 12.9 Å². The van der Waals surface area contributed by atoms with Gasteiger partial charge in [0.2, 0.25) is 0 Å². The maximum atomic E-state index is 11.7. The van der Waals surface area contributed by atoms with E-state index in [1.807, 2.05) is 22.5 Å². The zero-order valence-corrected chi connectivity index (χ0v) is 13.3. The topological polar surface area (TPSA) is 44.1 Å². The van der Waals surface area contributed by atoms with Crippen LogP contribution in [0.25, 0.3) is 0 Å². The van der Waals surface area contributed by atoms with Crippen molar-refractivity contribution in [3.63, 3.8) is 0 Å².